The molecule has 37 heavy (non-hydrogen) atoms. The Balaban J connectivity index is 1.26. The normalized spacial score (nSPS) is 14.2. The number of hydrogen-bond acceptors (Lipinski definition) is 5. The number of carbonyl (C=O) groups excluding carboxylic acids is 2. The molecule has 0 bridgehead atoms. The lowest BCUT2D eigenvalue weighted by Gasteiger charge is -2.35. The van der Waals surface area contributed by atoms with E-state index < -0.39 is 5.60 Å². The Morgan fingerprint density at radius 1 is 0.973 bits per heavy atom. The molecule has 0 radical (unpaired) electrons. The molecular weight excluding hydrogens is 468 g/mol. The Morgan fingerprint density at radius 2 is 1.73 bits per heavy atom. The summed E-state index contributed by atoms with van der Waals surface area (Å²) >= 11 is 0. The van der Waals surface area contributed by atoms with Gasteiger partial charge < -0.3 is 24.3 Å². The van der Waals surface area contributed by atoms with Crippen molar-refractivity contribution in [3.8, 4) is 5.75 Å². The van der Waals surface area contributed by atoms with Crippen molar-refractivity contribution in [2.24, 2.45) is 0 Å². The zero-order valence-electron chi connectivity index (χ0n) is 22.4. The maximum absolute atomic E-state index is 13.0. The Hall–Kier alpha value is -3.55. The van der Waals surface area contributed by atoms with Crippen LogP contribution in [0.15, 0.2) is 42.5 Å². The number of aromatic amines is 1. The topological polar surface area (TPSA) is 87.8 Å². The number of piperazine rings is 1. The van der Waals surface area contributed by atoms with Gasteiger partial charge in [-0.2, -0.15) is 0 Å². The number of hydrogen-bond donors (Lipinski definition) is 1. The molecular formula is C29H38N4O4. The average Bonchev–Trinajstić information content (AvgIpc) is 3.31. The summed E-state index contributed by atoms with van der Waals surface area (Å²) in [6, 6.07) is 14.4. The first-order valence-corrected chi connectivity index (χ1v) is 13.2. The van der Waals surface area contributed by atoms with Gasteiger partial charge >= 0.3 is 6.09 Å². The van der Waals surface area contributed by atoms with E-state index in [1.165, 1.54) is 11.1 Å². The SMILES string of the molecule is CCc1cccc(OCCCCc2ccc3nc(C(=O)N4CCN(C(=O)OC(C)(C)C)CC4)[nH]c3c2)c1. The van der Waals surface area contributed by atoms with Gasteiger partial charge in [0.05, 0.1) is 17.6 Å². The van der Waals surface area contributed by atoms with Crippen molar-refractivity contribution in [1.82, 2.24) is 19.8 Å². The molecule has 4 rings (SSSR count). The fourth-order valence-electron chi connectivity index (χ4n) is 4.36. The third-order valence-corrected chi connectivity index (χ3v) is 6.40. The summed E-state index contributed by atoms with van der Waals surface area (Å²) in [5, 5.41) is 0. The molecule has 0 spiro atoms. The lowest BCUT2D eigenvalue weighted by Crippen LogP contribution is -2.51. The second-order valence-electron chi connectivity index (χ2n) is 10.5. The van der Waals surface area contributed by atoms with Crippen LogP contribution in [0.4, 0.5) is 4.79 Å². The number of nitrogens with one attached hydrogen (secondary N) is 1. The van der Waals surface area contributed by atoms with E-state index in [9.17, 15) is 9.59 Å². The van der Waals surface area contributed by atoms with Gasteiger partial charge in [0.15, 0.2) is 5.82 Å². The third kappa shape index (κ3) is 7.24. The zero-order chi connectivity index (χ0) is 26.4. The average molecular weight is 507 g/mol. The van der Waals surface area contributed by atoms with Crippen LogP contribution in [0.2, 0.25) is 0 Å². The summed E-state index contributed by atoms with van der Waals surface area (Å²) < 4.78 is 11.3. The van der Waals surface area contributed by atoms with Crippen LogP contribution in [0.5, 0.6) is 5.75 Å². The predicted molar refractivity (Wildman–Crippen MR) is 144 cm³/mol. The summed E-state index contributed by atoms with van der Waals surface area (Å²) in [7, 11) is 0. The Morgan fingerprint density at radius 3 is 2.46 bits per heavy atom. The number of rotatable bonds is 8. The third-order valence-electron chi connectivity index (χ3n) is 6.40. The molecule has 1 aliphatic heterocycles. The van der Waals surface area contributed by atoms with Crippen LogP contribution in [0, 0.1) is 0 Å². The highest BCUT2D eigenvalue weighted by atomic mass is 16.6. The molecule has 1 aliphatic rings. The quantitative estimate of drug-likeness (QED) is 0.423. The maximum Gasteiger partial charge on any atom is 0.410 e. The van der Waals surface area contributed by atoms with Crippen LogP contribution >= 0.6 is 0 Å². The predicted octanol–water partition coefficient (Wildman–Crippen LogP) is 5.22. The first kappa shape index (κ1) is 26.5. The van der Waals surface area contributed by atoms with E-state index in [1.54, 1.807) is 9.80 Å². The van der Waals surface area contributed by atoms with Crippen LogP contribution in [0.25, 0.3) is 11.0 Å². The van der Waals surface area contributed by atoms with Gasteiger partial charge in [0.2, 0.25) is 0 Å². The van der Waals surface area contributed by atoms with E-state index in [4.69, 9.17) is 9.47 Å². The molecule has 2 aromatic carbocycles. The molecule has 0 unspecified atom stereocenters. The first-order valence-electron chi connectivity index (χ1n) is 13.2. The van der Waals surface area contributed by atoms with Gasteiger partial charge in [-0.25, -0.2) is 9.78 Å². The van der Waals surface area contributed by atoms with Gasteiger partial charge in [0.1, 0.15) is 11.4 Å². The molecule has 198 valence electrons. The number of aryl methyl sites for hydroxylation is 2. The number of carbonyl (C=O) groups is 2. The lowest BCUT2D eigenvalue weighted by molar-refractivity contribution is 0.0139. The van der Waals surface area contributed by atoms with E-state index in [-0.39, 0.29) is 12.0 Å². The van der Waals surface area contributed by atoms with Crippen LogP contribution in [0.1, 0.15) is 62.3 Å². The van der Waals surface area contributed by atoms with Gasteiger partial charge in [-0.3, -0.25) is 4.79 Å². The van der Waals surface area contributed by atoms with Crippen LogP contribution in [-0.2, 0) is 17.6 Å². The van der Waals surface area contributed by atoms with Crippen molar-refractivity contribution < 1.29 is 19.1 Å². The number of ether oxygens (including phenoxy) is 2. The van der Waals surface area contributed by atoms with Crippen LogP contribution in [0.3, 0.4) is 0 Å². The highest BCUT2D eigenvalue weighted by Gasteiger charge is 2.29. The summed E-state index contributed by atoms with van der Waals surface area (Å²) in [4.78, 5) is 36.4. The van der Waals surface area contributed by atoms with E-state index in [0.717, 1.165) is 42.5 Å². The number of amides is 2. The summed E-state index contributed by atoms with van der Waals surface area (Å²) in [6.45, 7) is 10.2. The molecule has 3 aromatic rings. The fraction of sp³-hybridized carbons (Fsp3) is 0.483. The van der Waals surface area contributed by atoms with Crippen LogP contribution in [-0.4, -0.2) is 70.2 Å². The van der Waals surface area contributed by atoms with Gasteiger partial charge in [-0.1, -0.05) is 25.1 Å². The number of unbranched alkanes of at least 4 members (excludes halogenated alkanes) is 1. The molecule has 2 amide bonds. The molecule has 8 heteroatoms. The van der Waals surface area contributed by atoms with E-state index in [0.29, 0.717) is 38.6 Å². The minimum Gasteiger partial charge on any atom is -0.494 e. The molecule has 8 nitrogen and oxygen atoms in total. The first-order chi connectivity index (χ1) is 17.7. The minimum absolute atomic E-state index is 0.147. The van der Waals surface area contributed by atoms with Crippen molar-refractivity contribution in [2.75, 3.05) is 32.8 Å². The van der Waals surface area contributed by atoms with Crippen molar-refractivity contribution in [3.63, 3.8) is 0 Å². The molecule has 0 aliphatic carbocycles. The van der Waals surface area contributed by atoms with Crippen molar-refractivity contribution in [2.45, 2.75) is 59.0 Å². The van der Waals surface area contributed by atoms with Crippen molar-refractivity contribution >= 4 is 23.0 Å². The molecule has 1 saturated heterocycles. The molecule has 0 saturated carbocycles. The Bertz CT molecular complexity index is 1220. The second kappa shape index (κ2) is 11.7. The highest BCUT2D eigenvalue weighted by Crippen LogP contribution is 2.19. The largest absolute Gasteiger partial charge is 0.494 e. The number of imidazole rings is 1. The Kier molecular flexibility index (Phi) is 8.36. The number of fused-ring (bicyclic) bond motifs is 1. The van der Waals surface area contributed by atoms with Gasteiger partial charge in [0, 0.05) is 26.2 Å². The maximum atomic E-state index is 13.0. The zero-order valence-corrected chi connectivity index (χ0v) is 22.4. The standard InChI is InChI=1S/C29H38N4O4/c1-5-21-10-8-11-23(19-21)36-18-7-6-9-22-12-13-24-25(20-22)31-26(30-24)27(34)32-14-16-33(17-15-32)28(35)37-29(2,3)4/h8,10-13,19-20H,5-7,9,14-18H2,1-4H3,(H,30,31). The molecule has 2 heterocycles. The molecule has 1 fully saturated rings. The monoisotopic (exact) mass is 506 g/mol. The Labute approximate surface area is 219 Å². The summed E-state index contributed by atoms with van der Waals surface area (Å²) in [5.41, 5.74) is 3.59. The minimum atomic E-state index is -0.536. The van der Waals surface area contributed by atoms with Gasteiger partial charge in [-0.05, 0) is 81.8 Å². The van der Waals surface area contributed by atoms with Gasteiger partial charge in [-0.15, -0.1) is 0 Å². The number of nitrogens with zero attached hydrogens (tertiary/aromatic N) is 3. The summed E-state index contributed by atoms with van der Waals surface area (Å²) in [6.07, 6.45) is 3.58. The molecule has 1 N–H and O–H groups in total. The highest BCUT2D eigenvalue weighted by molar-refractivity contribution is 5.94. The molecule has 0 atom stereocenters. The van der Waals surface area contributed by atoms with E-state index in [2.05, 4.69) is 41.2 Å². The second-order valence-corrected chi connectivity index (χ2v) is 10.5. The van der Waals surface area contributed by atoms with E-state index in [1.807, 2.05) is 39.0 Å². The van der Waals surface area contributed by atoms with Gasteiger partial charge in [0.25, 0.3) is 5.91 Å². The number of benzene rings is 2. The van der Waals surface area contributed by atoms with E-state index >= 15 is 0 Å². The molecule has 1 aromatic heterocycles. The number of aromatic nitrogens is 2. The van der Waals surface area contributed by atoms with Crippen LogP contribution < -0.4 is 4.74 Å². The fourth-order valence-corrected chi connectivity index (χ4v) is 4.36. The number of H-pyrrole nitrogens is 1. The van der Waals surface area contributed by atoms with Crippen molar-refractivity contribution in [1.29, 1.82) is 0 Å². The summed E-state index contributed by atoms with van der Waals surface area (Å²) in [5.74, 6) is 1.12. The lowest BCUT2D eigenvalue weighted by atomic mass is 10.1. The van der Waals surface area contributed by atoms with Crippen molar-refractivity contribution in [3.05, 3.63) is 59.4 Å². The smallest absolute Gasteiger partial charge is 0.410 e.